The fourth-order valence-electron chi connectivity index (χ4n) is 2.29. The summed E-state index contributed by atoms with van der Waals surface area (Å²) in [5.74, 6) is -0.601. The maximum absolute atomic E-state index is 13.2. The molecule has 124 valence electrons. The molecule has 3 rings (SSSR count). The Kier molecular flexibility index (Phi) is 4.41. The summed E-state index contributed by atoms with van der Waals surface area (Å²) in [4.78, 5) is 3.85. The van der Waals surface area contributed by atoms with Gasteiger partial charge in [0.05, 0.1) is 22.8 Å². The lowest BCUT2D eigenvalue weighted by Crippen LogP contribution is -2.23. The number of pyridine rings is 1. The van der Waals surface area contributed by atoms with Crippen molar-refractivity contribution < 1.29 is 12.8 Å². The molecule has 0 aliphatic rings. The summed E-state index contributed by atoms with van der Waals surface area (Å²) >= 11 is 0. The highest BCUT2D eigenvalue weighted by molar-refractivity contribution is 7.89. The number of halogens is 1. The van der Waals surface area contributed by atoms with E-state index in [0.717, 1.165) is 17.3 Å². The first kappa shape index (κ1) is 16.3. The Bertz CT molecular complexity index is 955. The van der Waals surface area contributed by atoms with Crippen LogP contribution in [0.3, 0.4) is 0 Å². The summed E-state index contributed by atoms with van der Waals surface area (Å²) in [6.45, 7) is 0.0117. The second-order valence-electron chi connectivity index (χ2n) is 5.16. The molecule has 24 heavy (non-hydrogen) atoms. The van der Waals surface area contributed by atoms with Gasteiger partial charge >= 0.3 is 0 Å². The van der Waals surface area contributed by atoms with E-state index in [2.05, 4.69) is 14.8 Å². The molecular weight excluding hydrogens is 331 g/mol. The topological polar surface area (TPSA) is 76.9 Å². The highest BCUT2D eigenvalue weighted by atomic mass is 32.2. The minimum Gasteiger partial charge on any atom is -0.268 e. The van der Waals surface area contributed by atoms with Crippen molar-refractivity contribution in [2.24, 2.45) is 7.05 Å². The lowest BCUT2D eigenvalue weighted by molar-refractivity contribution is 0.576. The van der Waals surface area contributed by atoms with E-state index in [4.69, 9.17) is 0 Å². The second-order valence-corrected chi connectivity index (χ2v) is 6.93. The average Bonchev–Trinajstić information content (AvgIpc) is 2.95. The molecule has 0 spiro atoms. The van der Waals surface area contributed by atoms with Gasteiger partial charge in [-0.25, -0.2) is 17.5 Å². The highest BCUT2D eigenvalue weighted by Gasteiger charge is 2.16. The number of benzene rings is 1. The Labute approximate surface area is 139 Å². The van der Waals surface area contributed by atoms with Gasteiger partial charge in [0.25, 0.3) is 0 Å². The summed E-state index contributed by atoms with van der Waals surface area (Å²) in [5, 5.41) is 4.30. The van der Waals surface area contributed by atoms with Crippen molar-refractivity contribution in [3.8, 4) is 11.3 Å². The zero-order chi connectivity index (χ0) is 17.2. The molecule has 0 aliphatic carbocycles. The van der Waals surface area contributed by atoms with Crippen LogP contribution in [0.5, 0.6) is 0 Å². The minimum absolute atomic E-state index is 0.0117. The predicted octanol–water partition coefficient (Wildman–Crippen LogP) is 2.10. The average molecular weight is 346 g/mol. The SMILES string of the molecule is Cn1nc(CNS(=O)(=O)c2cccc(F)c2)cc1-c1ccncc1. The summed E-state index contributed by atoms with van der Waals surface area (Å²) in [5.41, 5.74) is 2.33. The molecular formula is C16H15FN4O2S. The predicted molar refractivity (Wildman–Crippen MR) is 86.9 cm³/mol. The van der Waals surface area contributed by atoms with Crippen molar-refractivity contribution in [1.29, 1.82) is 0 Å². The van der Waals surface area contributed by atoms with Crippen LogP contribution in [-0.2, 0) is 23.6 Å². The number of aromatic nitrogens is 3. The summed E-state index contributed by atoms with van der Waals surface area (Å²) in [6, 6.07) is 10.3. The van der Waals surface area contributed by atoms with E-state index >= 15 is 0 Å². The van der Waals surface area contributed by atoms with E-state index in [9.17, 15) is 12.8 Å². The van der Waals surface area contributed by atoms with Crippen LogP contribution in [0, 0.1) is 5.82 Å². The molecule has 0 amide bonds. The third-order valence-corrected chi connectivity index (χ3v) is 4.86. The maximum atomic E-state index is 13.2. The first-order valence-electron chi connectivity index (χ1n) is 7.14. The van der Waals surface area contributed by atoms with Crippen molar-refractivity contribution in [3.63, 3.8) is 0 Å². The standard InChI is InChI=1S/C16H15FN4O2S/c1-21-16(12-5-7-18-8-6-12)10-14(20-21)11-19-24(22,23)15-4-2-3-13(17)9-15/h2-10,19H,11H2,1H3. The molecule has 0 saturated carbocycles. The van der Waals surface area contributed by atoms with Gasteiger partial charge in [-0.1, -0.05) is 6.07 Å². The molecule has 2 aromatic heterocycles. The number of aryl methyl sites for hydroxylation is 1. The molecule has 0 bridgehead atoms. The van der Waals surface area contributed by atoms with Crippen LogP contribution in [0.1, 0.15) is 5.69 Å². The second kappa shape index (κ2) is 6.50. The largest absolute Gasteiger partial charge is 0.268 e. The van der Waals surface area contributed by atoms with E-state index in [1.54, 1.807) is 30.2 Å². The first-order valence-corrected chi connectivity index (χ1v) is 8.62. The lowest BCUT2D eigenvalue weighted by atomic mass is 10.2. The lowest BCUT2D eigenvalue weighted by Gasteiger charge is -2.05. The fourth-order valence-corrected chi connectivity index (χ4v) is 3.32. The highest BCUT2D eigenvalue weighted by Crippen LogP contribution is 2.19. The molecule has 3 aromatic rings. The maximum Gasteiger partial charge on any atom is 0.241 e. The molecule has 0 aliphatic heterocycles. The third-order valence-electron chi connectivity index (χ3n) is 3.46. The molecule has 0 atom stereocenters. The molecule has 8 heteroatoms. The molecule has 0 unspecified atom stereocenters. The Morgan fingerprint density at radius 2 is 1.92 bits per heavy atom. The van der Waals surface area contributed by atoms with Gasteiger partial charge in [-0.15, -0.1) is 0 Å². The van der Waals surface area contributed by atoms with Gasteiger partial charge in [-0.3, -0.25) is 9.67 Å². The van der Waals surface area contributed by atoms with Gasteiger partial charge in [0.1, 0.15) is 5.82 Å². The van der Waals surface area contributed by atoms with Crippen molar-refractivity contribution in [2.45, 2.75) is 11.4 Å². The van der Waals surface area contributed by atoms with Crippen LogP contribution in [0.15, 0.2) is 59.8 Å². The summed E-state index contributed by atoms with van der Waals surface area (Å²) in [6.07, 6.45) is 3.35. The van der Waals surface area contributed by atoms with Crippen LogP contribution in [0.2, 0.25) is 0 Å². The Morgan fingerprint density at radius 3 is 2.62 bits per heavy atom. The fraction of sp³-hybridized carbons (Fsp3) is 0.125. The zero-order valence-corrected chi connectivity index (χ0v) is 13.7. The van der Waals surface area contributed by atoms with E-state index in [0.29, 0.717) is 5.69 Å². The van der Waals surface area contributed by atoms with Gasteiger partial charge in [-0.05, 0) is 36.4 Å². The van der Waals surface area contributed by atoms with Crippen molar-refractivity contribution in [2.75, 3.05) is 0 Å². The number of sulfonamides is 1. The Hall–Kier alpha value is -2.58. The molecule has 0 radical (unpaired) electrons. The van der Waals surface area contributed by atoms with Gasteiger partial charge < -0.3 is 0 Å². The van der Waals surface area contributed by atoms with Crippen LogP contribution >= 0.6 is 0 Å². The molecule has 6 nitrogen and oxygen atoms in total. The number of rotatable bonds is 5. The van der Waals surface area contributed by atoms with Crippen molar-refractivity contribution in [3.05, 3.63) is 66.4 Å². The van der Waals surface area contributed by atoms with E-state index in [1.165, 1.54) is 18.2 Å². The van der Waals surface area contributed by atoms with Crippen molar-refractivity contribution in [1.82, 2.24) is 19.5 Å². The quantitative estimate of drug-likeness (QED) is 0.767. The zero-order valence-electron chi connectivity index (χ0n) is 12.8. The molecule has 0 fully saturated rings. The number of nitrogens with zero attached hydrogens (tertiary/aromatic N) is 3. The van der Waals surface area contributed by atoms with Gasteiger partial charge in [0.15, 0.2) is 0 Å². The Balaban J connectivity index is 1.78. The van der Waals surface area contributed by atoms with Crippen LogP contribution in [0.4, 0.5) is 4.39 Å². The van der Waals surface area contributed by atoms with Crippen LogP contribution in [-0.4, -0.2) is 23.2 Å². The number of hydrogen-bond donors (Lipinski definition) is 1. The van der Waals surface area contributed by atoms with Crippen LogP contribution in [0.25, 0.3) is 11.3 Å². The normalized spacial score (nSPS) is 11.6. The molecule has 1 aromatic carbocycles. The first-order chi connectivity index (χ1) is 11.5. The smallest absolute Gasteiger partial charge is 0.241 e. The van der Waals surface area contributed by atoms with E-state index in [-0.39, 0.29) is 11.4 Å². The van der Waals surface area contributed by atoms with Gasteiger partial charge in [-0.2, -0.15) is 5.10 Å². The van der Waals surface area contributed by atoms with Crippen LogP contribution < -0.4 is 4.72 Å². The molecule has 0 saturated heterocycles. The molecule has 2 heterocycles. The summed E-state index contributed by atoms with van der Waals surface area (Å²) < 4.78 is 41.7. The van der Waals surface area contributed by atoms with E-state index < -0.39 is 15.8 Å². The number of hydrogen-bond acceptors (Lipinski definition) is 4. The van der Waals surface area contributed by atoms with Gasteiger partial charge in [0.2, 0.25) is 10.0 Å². The van der Waals surface area contributed by atoms with Gasteiger partial charge in [0, 0.05) is 25.0 Å². The monoisotopic (exact) mass is 346 g/mol. The minimum atomic E-state index is -3.80. The molecule has 1 N–H and O–H groups in total. The Morgan fingerprint density at radius 1 is 1.17 bits per heavy atom. The third kappa shape index (κ3) is 3.50. The van der Waals surface area contributed by atoms with E-state index in [1.807, 2.05) is 12.1 Å². The summed E-state index contributed by atoms with van der Waals surface area (Å²) in [7, 11) is -2.02. The number of nitrogens with one attached hydrogen (secondary N) is 1. The van der Waals surface area contributed by atoms with Crippen molar-refractivity contribution >= 4 is 10.0 Å².